The zero-order valence-corrected chi connectivity index (χ0v) is 24.4. The molecule has 0 bridgehead atoms. The van der Waals surface area contributed by atoms with Crippen molar-refractivity contribution in [2.45, 2.75) is 69.4 Å². The van der Waals surface area contributed by atoms with Gasteiger partial charge in [0.2, 0.25) is 23.6 Å². The third-order valence-electron chi connectivity index (χ3n) is 6.58. The monoisotopic (exact) mass is 619 g/mol. The number of aliphatic imine (C=N–C) groups is 1. The van der Waals surface area contributed by atoms with E-state index in [0.29, 0.717) is 5.56 Å². The minimum atomic E-state index is -1.63. The van der Waals surface area contributed by atoms with Crippen molar-refractivity contribution < 1.29 is 39.3 Å². The smallest absolute Gasteiger partial charge is 0.326 e. The summed E-state index contributed by atoms with van der Waals surface area (Å²) in [5.74, 6) is -5.04. The van der Waals surface area contributed by atoms with E-state index >= 15 is 0 Å². The molecule has 14 N–H and O–H groups in total. The van der Waals surface area contributed by atoms with E-state index in [4.69, 9.17) is 17.2 Å². The van der Waals surface area contributed by atoms with Crippen LogP contribution >= 0.6 is 0 Å². The van der Waals surface area contributed by atoms with E-state index in [2.05, 4.69) is 31.2 Å². The third kappa shape index (κ3) is 10.5. The van der Waals surface area contributed by atoms with Crippen molar-refractivity contribution in [2.75, 3.05) is 13.2 Å². The fourth-order valence-electron chi connectivity index (χ4n) is 4.18. The van der Waals surface area contributed by atoms with Crippen LogP contribution in [-0.2, 0) is 30.4 Å². The zero-order chi connectivity index (χ0) is 33.0. The van der Waals surface area contributed by atoms with Crippen molar-refractivity contribution in [2.24, 2.45) is 22.2 Å². The summed E-state index contributed by atoms with van der Waals surface area (Å²) >= 11 is 0. The number of para-hydroxylation sites is 1. The molecule has 0 aliphatic carbocycles. The number of carbonyl (C=O) groups excluding carboxylic acids is 4. The first-order valence-electron chi connectivity index (χ1n) is 13.8. The number of amides is 4. The highest BCUT2D eigenvalue weighted by molar-refractivity contribution is 5.96. The number of nitrogens with two attached hydrogens (primary N) is 3. The summed E-state index contributed by atoms with van der Waals surface area (Å²) in [6.07, 6.45) is 0.277. The fourth-order valence-corrected chi connectivity index (χ4v) is 4.18. The largest absolute Gasteiger partial charge is 0.480 e. The van der Waals surface area contributed by atoms with Crippen LogP contribution in [0, 0.1) is 0 Å². The van der Waals surface area contributed by atoms with Crippen LogP contribution in [0.25, 0.3) is 10.9 Å². The number of hydrogen-bond acceptors (Lipinski definition) is 9. The van der Waals surface area contributed by atoms with Gasteiger partial charge in [-0.2, -0.15) is 0 Å². The number of carbonyl (C=O) groups is 5. The van der Waals surface area contributed by atoms with Crippen molar-refractivity contribution in [3.05, 3.63) is 36.0 Å². The maximum Gasteiger partial charge on any atom is 0.326 e. The molecule has 0 fully saturated rings. The van der Waals surface area contributed by atoms with Crippen LogP contribution in [0.5, 0.6) is 0 Å². The summed E-state index contributed by atoms with van der Waals surface area (Å²) in [6, 6.07) is 0.399. The number of H-pyrrole nitrogens is 1. The van der Waals surface area contributed by atoms with E-state index in [0.717, 1.165) is 10.9 Å². The van der Waals surface area contributed by atoms with E-state index in [-0.39, 0.29) is 31.8 Å². The van der Waals surface area contributed by atoms with Gasteiger partial charge >= 0.3 is 5.97 Å². The number of benzene rings is 1. The van der Waals surface area contributed by atoms with Crippen molar-refractivity contribution in [1.82, 2.24) is 26.3 Å². The highest BCUT2D eigenvalue weighted by atomic mass is 16.4. The van der Waals surface area contributed by atoms with Gasteiger partial charge in [-0.3, -0.25) is 24.2 Å². The molecule has 2 rings (SSSR count). The number of aromatic nitrogens is 1. The van der Waals surface area contributed by atoms with Gasteiger partial charge in [0.25, 0.3) is 0 Å². The van der Waals surface area contributed by atoms with E-state index in [9.17, 15) is 39.3 Å². The second-order valence-electron chi connectivity index (χ2n) is 10.2. The Morgan fingerprint density at radius 2 is 1.52 bits per heavy atom. The number of nitrogens with zero attached hydrogens (tertiary/aromatic N) is 1. The number of aliphatic carboxylic acids is 1. The normalized spacial score (nSPS) is 15.1. The number of aliphatic hydroxyl groups excluding tert-OH is 2. The van der Waals surface area contributed by atoms with Gasteiger partial charge < -0.3 is 58.8 Å². The Bertz CT molecular complexity index is 1340. The fraction of sp³-hybridized carbons (Fsp3) is 0.481. The third-order valence-corrected chi connectivity index (χ3v) is 6.58. The lowest BCUT2D eigenvalue weighted by Crippen LogP contribution is -2.61. The van der Waals surface area contributed by atoms with Crippen molar-refractivity contribution >= 4 is 46.5 Å². The molecule has 0 radical (unpaired) electrons. The van der Waals surface area contributed by atoms with Crippen molar-refractivity contribution in [3.63, 3.8) is 0 Å². The van der Waals surface area contributed by atoms with E-state index in [1.54, 1.807) is 24.4 Å². The molecule has 4 amide bonds. The summed E-state index contributed by atoms with van der Waals surface area (Å²) in [7, 11) is 0. The van der Waals surface area contributed by atoms with Gasteiger partial charge in [0, 0.05) is 30.1 Å². The summed E-state index contributed by atoms with van der Waals surface area (Å²) in [4.78, 5) is 70.3. The lowest BCUT2D eigenvalue weighted by Gasteiger charge is -2.27. The zero-order valence-electron chi connectivity index (χ0n) is 24.4. The average molecular weight is 620 g/mol. The standard InChI is InChI=1S/C27H41N9O8/c1-13(28)22(39)35-20(12-37)24(41)36-21(14(2)38)25(42)34-19(10-15-11-32-17-7-4-3-6-16(15)17)23(40)33-18(26(43)44)8-5-9-31-27(29)30/h3-4,6-7,11,13-14,18-21,32,37-38H,5,8-10,12,28H2,1-2H3,(H,33,40)(H,34,42)(H,35,39)(H,36,41)(H,43,44)(H4,29,30,31)/t13-,14+,18-,19-,20-,21-/m0/s1. The number of aliphatic hydroxyl groups is 2. The molecule has 1 aromatic heterocycles. The molecule has 1 heterocycles. The molecule has 0 aliphatic rings. The van der Waals surface area contributed by atoms with Crippen LogP contribution in [0.2, 0.25) is 0 Å². The minimum Gasteiger partial charge on any atom is -0.480 e. The molecule has 17 heteroatoms. The number of carboxylic acids is 1. The lowest BCUT2D eigenvalue weighted by molar-refractivity contribution is -0.142. The maximum atomic E-state index is 13.4. The molecule has 242 valence electrons. The summed E-state index contributed by atoms with van der Waals surface area (Å²) in [5.41, 5.74) is 17.5. The van der Waals surface area contributed by atoms with Gasteiger partial charge in [0.1, 0.15) is 24.2 Å². The predicted octanol–water partition coefficient (Wildman–Crippen LogP) is -3.49. The first-order valence-corrected chi connectivity index (χ1v) is 13.8. The number of guanidine groups is 1. The highest BCUT2D eigenvalue weighted by Gasteiger charge is 2.34. The molecule has 0 unspecified atom stereocenters. The Labute approximate surface area is 253 Å². The number of carboxylic acid groups (broad SMARTS) is 1. The lowest BCUT2D eigenvalue weighted by atomic mass is 10.0. The van der Waals surface area contributed by atoms with Gasteiger partial charge in [0.15, 0.2) is 5.96 Å². The van der Waals surface area contributed by atoms with Crippen LogP contribution in [0.3, 0.4) is 0 Å². The number of hydrogen-bond donors (Lipinski definition) is 11. The molecule has 1 aromatic carbocycles. The second-order valence-corrected chi connectivity index (χ2v) is 10.2. The Balaban J connectivity index is 2.30. The number of nitrogens with one attached hydrogen (secondary N) is 5. The van der Waals surface area contributed by atoms with Crippen LogP contribution < -0.4 is 38.5 Å². The van der Waals surface area contributed by atoms with Crippen LogP contribution in [0.1, 0.15) is 32.3 Å². The molecule has 0 aliphatic heterocycles. The summed E-state index contributed by atoms with van der Waals surface area (Å²) < 4.78 is 0. The van der Waals surface area contributed by atoms with Crippen LogP contribution in [0.4, 0.5) is 0 Å². The van der Waals surface area contributed by atoms with Crippen molar-refractivity contribution in [3.8, 4) is 0 Å². The predicted molar refractivity (Wildman–Crippen MR) is 160 cm³/mol. The molecule has 17 nitrogen and oxygen atoms in total. The van der Waals surface area contributed by atoms with Gasteiger partial charge in [-0.15, -0.1) is 0 Å². The molecular formula is C27H41N9O8. The molecule has 6 atom stereocenters. The summed E-state index contributed by atoms with van der Waals surface area (Å²) in [5, 5.41) is 39.8. The van der Waals surface area contributed by atoms with Gasteiger partial charge in [-0.05, 0) is 38.3 Å². The maximum absolute atomic E-state index is 13.4. The van der Waals surface area contributed by atoms with E-state index < -0.39 is 72.5 Å². The number of fused-ring (bicyclic) bond motifs is 1. The number of rotatable bonds is 17. The van der Waals surface area contributed by atoms with E-state index in [1.807, 2.05) is 6.07 Å². The first kappa shape index (κ1) is 35.5. The topological polar surface area (TPSA) is 300 Å². The van der Waals surface area contributed by atoms with E-state index in [1.165, 1.54) is 13.8 Å². The molecule has 44 heavy (non-hydrogen) atoms. The second kappa shape index (κ2) is 16.8. The molecule has 0 saturated heterocycles. The van der Waals surface area contributed by atoms with Crippen molar-refractivity contribution in [1.29, 1.82) is 0 Å². The molecule has 0 spiro atoms. The van der Waals surface area contributed by atoms with Crippen LogP contribution in [-0.4, -0.2) is 105 Å². The van der Waals surface area contributed by atoms with Gasteiger partial charge in [-0.25, -0.2) is 4.79 Å². The van der Waals surface area contributed by atoms with Crippen LogP contribution in [0.15, 0.2) is 35.5 Å². The SMILES string of the molecule is C[C@H](N)C(=O)N[C@@H](CO)C(=O)N[C@H](C(=O)N[C@@H](Cc1c[nH]c2ccccc12)C(=O)N[C@@H](CCCN=C(N)N)C(=O)O)[C@@H](C)O. The quantitative estimate of drug-likeness (QED) is 0.0469. The van der Waals surface area contributed by atoms with Gasteiger partial charge in [-0.1, -0.05) is 18.2 Å². The Morgan fingerprint density at radius 3 is 2.11 bits per heavy atom. The number of aromatic amines is 1. The average Bonchev–Trinajstić information content (AvgIpc) is 3.37. The minimum absolute atomic E-state index is 0.0202. The van der Waals surface area contributed by atoms with Gasteiger partial charge in [0.05, 0.1) is 18.8 Å². The molecule has 0 saturated carbocycles. The highest BCUT2D eigenvalue weighted by Crippen LogP contribution is 2.19. The first-order chi connectivity index (χ1) is 20.7. The Hall–Kier alpha value is -4.74. The Morgan fingerprint density at radius 1 is 0.909 bits per heavy atom. The Kier molecular flexibility index (Phi) is 13.5. The summed E-state index contributed by atoms with van der Waals surface area (Å²) in [6.45, 7) is 1.88. The molecular weight excluding hydrogens is 578 g/mol. The molecule has 2 aromatic rings.